The highest BCUT2D eigenvalue weighted by atomic mass is 16.2. The Hall–Kier alpha value is -2.69. The topological polar surface area (TPSA) is 85.1 Å². The first-order valence-electron chi connectivity index (χ1n) is 8.77. The van der Waals surface area contributed by atoms with E-state index in [0.29, 0.717) is 5.56 Å². The largest absolute Gasteiger partial charge is 0.364 e. The van der Waals surface area contributed by atoms with E-state index in [-0.39, 0.29) is 17.6 Å². The van der Waals surface area contributed by atoms with Gasteiger partial charge in [-0.25, -0.2) is 0 Å². The molecule has 3 N–H and O–H groups in total. The highest BCUT2D eigenvalue weighted by molar-refractivity contribution is 5.95. The molecule has 1 heterocycles. The Morgan fingerprint density at radius 3 is 2.56 bits per heavy atom. The standard InChI is InChI=1S/C20H23N3O2/c1-2-17(15-8-7-13-5-3-4-6-14(13)11-15)23-20(25)16-9-10-18(19(21)24)22-12-16/h7-12,17H,2-6H2,1H3,(H2,21,24)(H,23,25). The lowest BCUT2D eigenvalue weighted by molar-refractivity contribution is 0.0932. The molecule has 0 saturated heterocycles. The van der Waals surface area contributed by atoms with Crippen molar-refractivity contribution in [2.24, 2.45) is 5.73 Å². The van der Waals surface area contributed by atoms with E-state index in [1.54, 1.807) is 6.07 Å². The zero-order valence-electron chi connectivity index (χ0n) is 14.4. The zero-order chi connectivity index (χ0) is 17.8. The lowest BCUT2D eigenvalue weighted by Crippen LogP contribution is -2.28. The van der Waals surface area contributed by atoms with Crippen LogP contribution in [0.15, 0.2) is 36.5 Å². The molecule has 1 unspecified atom stereocenters. The van der Waals surface area contributed by atoms with E-state index in [0.717, 1.165) is 24.8 Å². The number of hydrogen-bond donors (Lipinski definition) is 2. The number of nitrogens with zero attached hydrogens (tertiary/aromatic N) is 1. The second kappa shape index (κ2) is 7.47. The maximum Gasteiger partial charge on any atom is 0.267 e. The molecule has 0 fully saturated rings. The molecule has 5 heteroatoms. The highest BCUT2D eigenvalue weighted by Crippen LogP contribution is 2.26. The van der Waals surface area contributed by atoms with Crippen LogP contribution in [0.2, 0.25) is 0 Å². The van der Waals surface area contributed by atoms with Crippen molar-refractivity contribution < 1.29 is 9.59 Å². The molecule has 1 atom stereocenters. The van der Waals surface area contributed by atoms with Crippen molar-refractivity contribution in [3.8, 4) is 0 Å². The maximum absolute atomic E-state index is 12.5. The normalized spacial score (nSPS) is 14.4. The van der Waals surface area contributed by atoms with Crippen LogP contribution in [0.5, 0.6) is 0 Å². The Kier molecular flexibility index (Phi) is 5.12. The third-order valence-electron chi connectivity index (χ3n) is 4.77. The van der Waals surface area contributed by atoms with E-state index in [1.165, 1.54) is 36.2 Å². The number of rotatable bonds is 5. The second-order valence-corrected chi connectivity index (χ2v) is 6.47. The van der Waals surface area contributed by atoms with E-state index >= 15 is 0 Å². The molecule has 3 rings (SSSR count). The smallest absolute Gasteiger partial charge is 0.267 e. The summed E-state index contributed by atoms with van der Waals surface area (Å²) in [6.45, 7) is 2.05. The molecule has 1 aromatic heterocycles. The van der Waals surface area contributed by atoms with Crippen molar-refractivity contribution in [2.45, 2.75) is 45.1 Å². The molecule has 0 aliphatic heterocycles. The minimum atomic E-state index is -0.604. The predicted molar refractivity (Wildman–Crippen MR) is 96.3 cm³/mol. The molecule has 1 aliphatic carbocycles. The van der Waals surface area contributed by atoms with Crippen LogP contribution in [0.1, 0.15) is 69.8 Å². The SMILES string of the molecule is CCC(NC(=O)c1ccc(C(N)=O)nc1)c1ccc2c(c1)CCCC2. The summed E-state index contributed by atoms with van der Waals surface area (Å²) in [5.74, 6) is -0.805. The van der Waals surface area contributed by atoms with Crippen molar-refractivity contribution >= 4 is 11.8 Å². The molecule has 130 valence electrons. The molecule has 0 spiro atoms. The molecule has 0 saturated carbocycles. The molecule has 2 amide bonds. The average molecular weight is 337 g/mol. The van der Waals surface area contributed by atoms with E-state index in [1.807, 2.05) is 0 Å². The van der Waals surface area contributed by atoms with Crippen LogP contribution in [0.4, 0.5) is 0 Å². The molecule has 1 aromatic carbocycles. The quantitative estimate of drug-likeness (QED) is 0.879. The summed E-state index contributed by atoms with van der Waals surface area (Å²) >= 11 is 0. The third-order valence-corrected chi connectivity index (χ3v) is 4.77. The average Bonchev–Trinajstić information content (AvgIpc) is 2.65. The first-order valence-corrected chi connectivity index (χ1v) is 8.77. The number of fused-ring (bicyclic) bond motifs is 1. The summed E-state index contributed by atoms with van der Waals surface area (Å²) in [6, 6.07) is 9.54. The summed E-state index contributed by atoms with van der Waals surface area (Å²) in [6.07, 6.45) is 6.95. The van der Waals surface area contributed by atoms with Gasteiger partial charge in [0.1, 0.15) is 5.69 Å². The van der Waals surface area contributed by atoms with Crippen molar-refractivity contribution in [3.63, 3.8) is 0 Å². The Morgan fingerprint density at radius 2 is 1.92 bits per heavy atom. The van der Waals surface area contributed by atoms with Gasteiger partial charge in [-0.05, 0) is 60.9 Å². The molecule has 0 radical (unpaired) electrons. The summed E-state index contributed by atoms with van der Waals surface area (Å²) in [7, 11) is 0. The van der Waals surface area contributed by atoms with Gasteiger partial charge in [0, 0.05) is 6.20 Å². The van der Waals surface area contributed by atoms with Crippen molar-refractivity contribution in [1.82, 2.24) is 10.3 Å². The number of amides is 2. The van der Waals surface area contributed by atoms with Crippen LogP contribution in [-0.4, -0.2) is 16.8 Å². The first kappa shape index (κ1) is 17.1. The van der Waals surface area contributed by atoms with E-state index in [4.69, 9.17) is 5.73 Å². The lowest BCUT2D eigenvalue weighted by atomic mass is 9.88. The number of carbonyl (C=O) groups is 2. The number of carbonyl (C=O) groups excluding carboxylic acids is 2. The number of nitrogens with two attached hydrogens (primary N) is 1. The fraction of sp³-hybridized carbons (Fsp3) is 0.350. The van der Waals surface area contributed by atoms with Crippen molar-refractivity contribution in [3.05, 3.63) is 64.5 Å². The number of aryl methyl sites for hydroxylation is 2. The lowest BCUT2D eigenvalue weighted by Gasteiger charge is -2.21. The van der Waals surface area contributed by atoms with Crippen LogP contribution in [0, 0.1) is 0 Å². The Balaban J connectivity index is 1.75. The minimum Gasteiger partial charge on any atom is -0.364 e. The number of hydrogen-bond acceptors (Lipinski definition) is 3. The van der Waals surface area contributed by atoms with Gasteiger partial charge < -0.3 is 11.1 Å². The molecule has 25 heavy (non-hydrogen) atoms. The van der Waals surface area contributed by atoms with Gasteiger partial charge in [-0.1, -0.05) is 25.1 Å². The Morgan fingerprint density at radius 1 is 1.16 bits per heavy atom. The van der Waals surface area contributed by atoms with Gasteiger partial charge in [-0.15, -0.1) is 0 Å². The number of pyridine rings is 1. The van der Waals surface area contributed by atoms with Gasteiger partial charge in [0.2, 0.25) is 0 Å². The van der Waals surface area contributed by atoms with Gasteiger partial charge in [0.05, 0.1) is 11.6 Å². The predicted octanol–water partition coefficient (Wildman–Crippen LogP) is 2.94. The first-order chi connectivity index (χ1) is 12.1. The van der Waals surface area contributed by atoms with Crippen LogP contribution in [0.25, 0.3) is 0 Å². The fourth-order valence-corrected chi connectivity index (χ4v) is 3.31. The summed E-state index contributed by atoms with van der Waals surface area (Å²) in [4.78, 5) is 27.5. The van der Waals surface area contributed by atoms with Crippen molar-refractivity contribution in [2.75, 3.05) is 0 Å². The molecule has 2 aromatic rings. The van der Waals surface area contributed by atoms with E-state index in [2.05, 4.69) is 35.4 Å². The number of primary amides is 1. The van der Waals surface area contributed by atoms with Crippen LogP contribution in [0.3, 0.4) is 0 Å². The number of benzene rings is 1. The molecular formula is C20H23N3O2. The molecule has 5 nitrogen and oxygen atoms in total. The maximum atomic E-state index is 12.5. The summed E-state index contributed by atoms with van der Waals surface area (Å²) < 4.78 is 0. The van der Waals surface area contributed by atoms with E-state index < -0.39 is 5.91 Å². The van der Waals surface area contributed by atoms with Gasteiger partial charge in [-0.3, -0.25) is 14.6 Å². The summed E-state index contributed by atoms with van der Waals surface area (Å²) in [5, 5.41) is 3.06. The van der Waals surface area contributed by atoms with Gasteiger partial charge in [0.25, 0.3) is 11.8 Å². The monoisotopic (exact) mass is 337 g/mol. The zero-order valence-corrected chi connectivity index (χ0v) is 14.4. The van der Waals surface area contributed by atoms with Crippen LogP contribution in [-0.2, 0) is 12.8 Å². The molecule has 0 bridgehead atoms. The highest BCUT2D eigenvalue weighted by Gasteiger charge is 2.17. The minimum absolute atomic E-state index is 0.0458. The Labute approximate surface area is 147 Å². The second-order valence-electron chi connectivity index (χ2n) is 6.47. The Bertz CT molecular complexity index is 784. The van der Waals surface area contributed by atoms with Gasteiger partial charge in [0.15, 0.2) is 0 Å². The number of nitrogens with one attached hydrogen (secondary N) is 1. The summed E-state index contributed by atoms with van der Waals surface area (Å²) in [5.41, 5.74) is 9.72. The fourth-order valence-electron chi connectivity index (χ4n) is 3.31. The van der Waals surface area contributed by atoms with Crippen LogP contribution < -0.4 is 11.1 Å². The number of aromatic nitrogens is 1. The third kappa shape index (κ3) is 3.87. The van der Waals surface area contributed by atoms with Crippen LogP contribution >= 0.6 is 0 Å². The molecule has 1 aliphatic rings. The van der Waals surface area contributed by atoms with E-state index in [9.17, 15) is 9.59 Å². The molecular weight excluding hydrogens is 314 g/mol. The van der Waals surface area contributed by atoms with Gasteiger partial charge in [-0.2, -0.15) is 0 Å². The van der Waals surface area contributed by atoms with Crippen molar-refractivity contribution in [1.29, 1.82) is 0 Å². The van der Waals surface area contributed by atoms with Gasteiger partial charge >= 0.3 is 0 Å².